The largest absolute Gasteiger partial charge is 0.464 e. The number of carbonyl (C=O) groups is 5. The highest BCUT2D eigenvalue weighted by Gasteiger charge is 2.59. The van der Waals surface area contributed by atoms with Crippen LogP contribution in [0, 0.1) is 35.5 Å². The SMILES string of the molecule is CCOC(=O)COC1CCC(C=C(C)C2OC(=O)C34CCCCN3C(=O)C(=O)C3(O)OC(C(OC)CC(C)CC(C)C/C(=C/C=N4)C(=O)CC(O)C2C)C(OC)CC3C)CC1CC. The summed E-state index contributed by atoms with van der Waals surface area (Å²) in [5, 5.41) is 24.1. The topological polar surface area (TPSA) is 197 Å². The van der Waals surface area contributed by atoms with Gasteiger partial charge in [-0.2, -0.15) is 0 Å². The van der Waals surface area contributed by atoms with Gasteiger partial charge in [0, 0.05) is 51.7 Å². The Kier molecular flexibility index (Phi) is 17.9. The number of hydrogen-bond donors (Lipinski definition) is 2. The first-order valence-electron chi connectivity index (χ1n) is 23.4. The van der Waals surface area contributed by atoms with Crippen molar-refractivity contribution in [3.05, 3.63) is 23.3 Å². The standard InChI is InChI=1S/C48H74N2O13/c1-10-34-25-33(14-15-38(34)61-27-41(53)60-11-2)23-30(5)42-32(7)36(51)26-37(52)35-16-18-49-47(46(56)62-42)17-12-13-19-50(47)45(55)44(54)48(57)31(6)24-40(59-9)43(63-48)39(58-8)22-29(4)20-28(3)21-35/h16,18,23,28-29,31-34,36,38-40,42-43,51,57H,10-15,17,19-22,24-27H2,1-9H3/b30-23?,35-16-,49-18?. The van der Waals surface area contributed by atoms with E-state index >= 15 is 4.79 Å². The molecule has 0 aromatic rings. The van der Waals surface area contributed by atoms with E-state index < -0.39 is 77.4 Å². The first kappa shape index (κ1) is 50.7. The molecular weight excluding hydrogens is 813 g/mol. The van der Waals surface area contributed by atoms with Crippen molar-refractivity contribution in [3.8, 4) is 0 Å². The Labute approximate surface area is 373 Å². The molecule has 14 atom stereocenters. The third-order valence-electron chi connectivity index (χ3n) is 14.4. The molecule has 2 saturated heterocycles. The lowest BCUT2D eigenvalue weighted by atomic mass is 9.76. The van der Waals surface area contributed by atoms with Crippen LogP contribution in [-0.4, -0.2) is 133 Å². The third-order valence-corrected chi connectivity index (χ3v) is 14.4. The number of ether oxygens (including phenoxy) is 6. The third kappa shape index (κ3) is 11.6. The van der Waals surface area contributed by atoms with E-state index in [0.29, 0.717) is 49.7 Å². The summed E-state index contributed by atoms with van der Waals surface area (Å²) < 4.78 is 35.6. The number of piperidine rings is 1. The van der Waals surface area contributed by atoms with Gasteiger partial charge < -0.3 is 43.5 Å². The summed E-state index contributed by atoms with van der Waals surface area (Å²) in [5.74, 6) is -7.92. The fourth-order valence-corrected chi connectivity index (χ4v) is 10.7. The number of cyclic esters (lactones) is 1. The lowest BCUT2D eigenvalue weighted by molar-refractivity contribution is -0.302. The molecule has 0 aromatic carbocycles. The number of ketones is 2. The van der Waals surface area contributed by atoms with Crippen LogP contribution in [0.1, 0.15) is 126 Å². The Morgan fingerprint density at radius 3 is 2.35 bits per heavy atom. The minimum Gasteiger partial charge on any atom is -0.464 e. The van der Waals surface area contributed by atoms with Crippen LogP contribution in [0.4, 0.5) is 0 Å². The minimum atomic E-state index is -2.57. The van der Waals surface area contributed by atoms with Gasteiger partial charge in [0.15, 0.2) is 5.78 Å². The molecule has 15 heteroatoms. The van der Waals surface area contributed by atoms with Gasteiger partial charge in [0.2, 0.25) is 11.4 Å². The monoisotopic (exact) mass is 887 g/mol. The number of allylic oxidation sites excluding steroid dienone is 3. The van der Waals surface area contributed by atoms with Gasteiger partial charge in [0.25, 0.3) is 11.7 Å². The Morgan fingerprint density at radius 1 is 0.952 bits per heavy atom. The number of hydrogen-bond acceptors (Lipinski definition) is 14. The van der Waals surface area contributed by atoms with Crippen LogP contribution in [0.2, 0.25) is 0 Å². The second-order valence-electron chi connectivity index (χ2n) is 19.1. The van der Waals surface area contributed by atoms with Crippen molar-refractivity contribution in [1.82, 2.24) is 4.90 Å². The summed E-state index contributed by atoms with van der Waals surface area (Å²) >= 11 is 0. The normalized spacial score (nSPS) is 40.0. The zero-order valence-corrected chi connectivity index (χ0v) is 39.0. The summed E-state index contributed by atoms with van der Waals surface area (Å²) in [6.07, 6.45) is 5.92. The first-order chi connectivity index (χ1) is 29.9. The molecule has 4 heterocycles. The molecule has 15 nitrogen and oxygen atoms in total. The highest BCUT2D eigenvalue weighted by atomic mass is 16.7. The van der Waals surface area contributed by atoms with Crippen molar-refractivity contribution in [2.24, 2.45) is 40.5 Å². The Bertz CT molecular complexity index is 1730. The number of rotatable bonds is 9. The van der Waals surface area contributed by atoms with Gasteiger partial charge in [0.1, 0.15) is 18.8 Å². The van der Waals surface area contributed by atoms with Crippen molar-refractivity contribution in [2.75, 3.05) is 34.0 Å². The number of methoxy groups -OCH3 is 2. The fourth-order valence-electron chi connectivity index (χ4n) is 10.7. The van der Waals surface area contributed by atoms with Gasteiger partial charge in [-0.3, -0.25) is 19.4 Å². The number of aliphatic hydroxyl groups excluding tert-OH is 1. The van der Waals surface area contributed by atoms with E-state index in [1.807, 2.05) is 6.92 Å². The lowest BCUT2D eigenvalue weighted by Gasteiger charge is -2.48. The van der Waals surface area contributed by atoms with E-state index in [9.17, 15) is 29.4 Å². The number of amides is 1. The summed E-state index contributed by atoms with van der Waals surface area (Å²) in [6.45, 7) is 13.3. The van der Waals surface area contributed by atoms with E-state index in [0.717, 1.165) is 24.2 Å². The molecule has 5 rings (SSSR count). The molecule has 2 N–H and O–H groups in total. The molecule has 1 amide bonds. The summed E-state index contributed by atoms with van der Waals surface area (Å²) in [4.78, 5) is 76.6. The van der Waals surface area contributed by atoms with Crippen LogP contribution in [0.25, 0.3) is 0 Å². The van der Waals surface area contributed by atoms with Crippen molar-refractivity contribution < 1.29 is 62.6 Å². The quantitative estimate of drug-likeness (QED) is 0.168. The van der Waals surface area contributed by atoms with Gasteiger partial charge in [0.05, 0.1) is 31.0 Å². The maximum atomic E-state index is 15.1. The Balaban J connectivity index is 1.57. The van der Waals surface area contributed by atoms with Gasteiger partial charge >= 0.3 is 11.9 Å². The number of nitrogens with zero attached hydrogens (tertiary/aromatic N) is 2. The second-order valence-corrected chi connectivity index (χ2v) is 19.1. The Morgan fingerprint density at radius 2 is 1.67 bits per heavy atom. The fraction of sp³-hybridized carbons (Fsp3) is 0.792. The van der Waals surface area contributed by atoms with Crippen molar-refractivity contribution in [3.63, 3.8) is 0 Å². The van der Waals surface area contributed by atoms with Crippen LogP contribution < -0.4 is 0 Å². The molecule has 354 valence electrons. The Hall–Kier alpha value is -3.34. The van der Waals surface area contributed by atoms with Gasteiger partial charge in [-0.15, -0.1) is 0 Å². The summed E-state index contributed by atoms with van der Waals surface area (Å²) in [7, 11) is 3.06. The van der Waals surface area contributed by atoms with E-state index in [-0.39, 0.29) is 74.6 Å². The van der Waals surface area contributed by atoms with Crippen LogP contribution >= 0.6 is 0 Å². The average molecular weight is 887 g/mol. The maximum Gasteiger partial charge on any atom is 0.355 e. The summed E-state index contributed by atoms with van der Waals surface area (Å²) in [5.41, 5.74) is -0.966. The zero-order chi connectivity index (χ0) is 46.2. The summed E-state index contributed by atoms with van der Waals surface area (Å²) in [6, 6.07) is 0. The van der Waals surface area contributed by atoms with Crippen LogP contribution in [-0.2, 0) is 52.4 Å². The van der Waals surface area contributed by atoms with E-state index in [1.54, 1.807) is 26.8 Å². The van der Waals surface area contributed by atoms with Crippen LogP contribution in [0.3, 0.4) is 0 Å². The van der Waals surface area contributed by atoms with E-state index in [4.69, 9.17) is 33.4 Å². The molecule has 63 heavy (non-hydrogen) atoms. The molecule has 14 unspecified atom stereocenters. The molecule has 1 aliphatic carbocycles. The van der Waals surface area contributed by atoms with Crippen molar-refractivity contribution >= 4 is 35.6 Å². The van der Waals surface area contributed by atoms with Crippen molar-refractivity contribution in [1.29, 1.82) is 0 Å². The number of Topliss-reactive ketones (excluding diaryl/α,β-unsaturated/α-hetero) is 2. The minimum absolute atomic E-state index is 0.00175. The number of esters is 2. The highest BCUT2D eigenvalue weighted by Crippen LogP contribution is 2.42. The molecule has 4 aliphatic heterocycles. The highest BCUT2D eigenvalue weighted by molar-refractivity contribution is 6.39. The molecule has 1 spiro atoms. The molecule has 0 radical (unpaired) electrons. The van der Waals surface area contributed by atoms with Gasteiger partial charge in [-0.05, 0) is 113 Å². The molecule has 5 aliphatic rings. The number of carbonyl (C=O) groups excluding carboxylic acids is 5. The maximum absolute atomic E-state index is 15.1. The molecule has 4 bridgehead atoms. The van der Waals surface area contributed by atoms with E-state index in [2.05, 4.69) is 26.8 Å². The molecule has 1 saturated carbocycles. The average Bonchev–Trinajstić information content (AvgIpc) is 3.25. The smallest absolute Gasteiger partial charge is 0.355 e. The number of aliphatic imine (C=N–C) groups is 1. The van der Waals surface area contributed by atoms with Crippen LogP contribution in [0.15, 0.2) is 28.3 Å². The second kappa shape index (κ2) is 22.2. The van der Waals surface area contributed by atoms with Gasteiger partial charge in [-0.1, -0.05) is 47.1 Å². The predicted octanol–water partition coefficient (Wildman–Crippen LogP) is 5.46. The number of aliphatic hydroxyl groups is 2. The zero-order valence-electron chi connectivity index (χ0n) is 39.0. The molecule has 0 aromatic heterocycles. The molecular formula is C48H74N2O13. The lowest BCUT2D eigenvalue weighted by Crippen LogP contribution is -2.67. The molecule has 3 fully saturated rings. The van der Waals surface area contributed by atoms with Crippen LogP contribution in [0.5, 0.6) is 0 Å². The predicted molar refractivity (Wildman–Crippen MR) is 233 cm³/mol. The number of fused-ring (bicyclic) bond motifs is 3. The first-order valence-corrected chi connectivity index (χ1v) is 23.4. The van der Waals surface area contributed by atoms with Gasteiger partial charge in [-0.25, -0.2) is 9.59 Å². The van der Waals surface area contributed by atoms with E-state index in [1.165, 1.54) is 20.4 Å². The van der Waals surface area contributed by atoms with Crippen molar-refractivity contribution in [2.45, 2.75) is 174 Å².